The molecule has 2 aromatic carbocycles. The summed E-state index contributed by atoms with van der Waals surface area (Å²) in [6.07, 6.45) is 5.06. The average molecular weight is 280 g/mol. The smallest absolute Gasteiger partial charge is 0.339 e. The summed E-state index contributed by atoms with van der Waals surface area (Å²) in [6, 6.07) is 15.0. The van der Waals surface area contributed by atoms with E-state index in [1.165, 1.54) is 5.56 Å². The van der Waals surface area contributed by atoms with Gasteiger partial charge in [0.25, 0.3) is 0 Å². The summed E-state index contributed by atoms with van der Waals surface area (Å²) in [4.78, 5) is 11.7. The molecular formula is C18H16O3. The molecule has 0 aliphatic heterocycles. The fraction of sp³-hybridized carbons (Fsp3) is 0.167. The number of ether oxygens (including phenoxy) is 2. The Balaban J connectivity index is 1.99. The number of esters is 1. The standard InChI is InChI=1S/C18H16O3/c1-3-11-20-18(19)16-5-4-6-17(12-16)21-13-15-9-7-14(2)8-10-15/h1,4-10,12H,11,13H2,2H3. The van der Waals surface area contributed by atoms with E-state index in [0.29, 0.717) is 17.9 Å². The molecule has 0 aliphatic carbocycles. The zero-order valence-corrected chi connectivity index (χ0v) is 11.8. The fourth-order valence-corrected chi connectivity index (χ4v) is 1.75. The van der Waals surface area contributed by atoms with Crippen molar-refractivity contribution in [3.8, 4) is 18.1 Å². The van der Waals surface area contributed by atoms with Gasteiger partial charge in [-0.25, -0.2) is 4.79 Å². The predicted octanol–water partition coefficient (Wildman–Crippen LogP) is 3.36. The van der Waals surface area contributed by atoms with Gasteiger partial charge in [-0.05, 0) is 30.7 Å². The lowest BCUT2D eigenvalue weighted by Crippen LogP contribution is -2.05. The van der Waals surface area contributed by atoms with Crippen molar-refractivity contribution in [2.24, 2.45) is 0 Å². The number of benzene rings is 2. The second-order valence-electron chi connectivity index (χ2n) is 4.58. The van der Waals surface area contributed by atoms with Crippen LogP contribution in [0.15, 0.2) is 48.5 Å². The monoisotopic (exact) mass is 280 g/mol. The number of carbonyl (C=O) groups excluding carboxylic acids is 1. The maximum absolute atomic E-state index is 11.7. The molecule has 0 radical (unpaired) electrons. The van der Waals surface area contributed by atoms with Crippen LogP contribution in [0.4, 0.5) is 0 Å². The summed E-state index contributed by atoms with van der Waals surface area (Å²) in [5.74, 6) is 2.43. The molecule has 3 heteroatoms. The average Bonchev–Trinajstić information content (AvgIpc) is 2.52. The molecule has 0 bridgehead atoms. The third-order valence-corrected chi connectivity index (χ3v) is 2.88. The summed E-state index contributed by atoms with van der Waals surface area (Å²) in [5.41, 5.74) is 2.70. The minimum absolute atomic E-state index is 0.0344. The molecule has 0 spiro atoms. The lowest BCUT2D eigenvalue weighted by Gasteiger charge is -2.08. The topological polar surface area (TPSA) is 35.5 Å². The molecule has 0 N–H and O–H groups in total. The van der Waals surface area contributed by atoms with Gasteiger partial charge in [0.1, 0.15) is 12.4 Å². The van der Waals surface area contributed by atoms with Crippen molar-refractivity contribution in [2.45, 2.75) is 13.5 Å². The first-order chi connectivity index (χ1) is 10.2. The Morgan fingerprint density at radius 1 is 1.19 bits per heavy atom. The molecule has 0 aromatic heterocycles. The van der Waals surface area contributed by atoms with E-state index < -0.39 is 5.97 Å². The molecule has 106 valence electrons. The third-order valence-electron chi connectivity index (χ3n) is 2.88. The van der Waals surface area contributed by atoms with Crippen LogP contribution in [0, 0.1) is 19.3 Å². The van der Waals surface area contributed by atoms with Crippen LogP contribution in [0.5, 0.6) is 5.75 Å². The molecule has 0 aliphatic rings. The molecule has 0 saturated heterocycles. The summed E-state index contributed by atoms with van der Waals surface area (Å²) < 4.78 is 10.6. The third kappa shape index (κ3) is 4.39. The van der Waals surface area contributed by atoms with Crippen LogP contribution >= 0.6 is 0 Å². The SMILES string of the molecule is C#CCOC(=O)c1cccc(OCc2ccc(C)cc2)c1. The number of hydrogen-bond donors (Lipinski definition) is 0. The van der Waals surface area contributed by atoms with Crippen molar-refractivity contribution in [1.29, 1.82) is 0 Å². The minimum atomic E-state index is -0.450. The number of hydrogen-bond acceptors (Lipinski definition) is 3. The molecule has 0 unspecified atom stereocenters. The molecule has 0 saturated carbocycles. The Bertz CT molecular complexity index is 651. The summed E-state index contributed by atoms with van der Waals surface area (Å²) in [5, 5.41) is 0. The zero-order valence-electron chi connectivity index (χ0n) is 11.8. The van der Waals surface area contributed by atoms with Gasteiger partial charge < -0.3 is 9.47 Å². The maximum Gasteiger partial charge on any atom is 0.339 e. The molecule has 21 heavy (non-hydrogen) atoms. The van der Waals surface area contributed by atoms with Crippen LogP contribution in [0.1, 0.15) is 21.5 Å². The van der Waals surface area contributed by atoms with E-state index in [2.05, 4.69) is 5.92 Å². The summed E-state index contributed by atoms with van der Waals surface area (Å²) in [7, 11) is 0. The van der Waals surface area contributed by atoms with E-state index in [9.17, 15) is 4.79 Å². The van der Waals surface area contributed by atoms with Gasteiger partial charge in [-0.3, -0.25) is 0 Å². The molecular weight excluding hydrogens is 264 g/mol. The van der Waals surface area contributed by atoms with Crippen molar-refractivity contribution >= 4 is 5.97 Å². The molecule has 0 amide bonds. The van der Waals surface area contributed by atoms with Gasteiger partial charge in [-0.1, -0.05) is 41.8 Å². The van der Waals surface area contributed by atoms with Crippen molar-refractivity contribution in [1.82, 2.24) is 0 Å². The maximum atomic E-state index is 11.7. The van der Waals surface area contributed by atoms with Crippen LogP contribution < -0.4 is 4.74 Å². The summed E-state index contributed by atoms with van der Waals surface area (Å²) in [6.45, 7) is 2.45. The fourth-order valence-electron chi connectivity index (χ4n) is 1.75. The van der Waals surface area contributed by atoms with Gasteiger partial charge in [0.05, 0.1) is 5.56 Å². The Morgan fingerprint density at radius 2 is 1.95 bits per heavy atom. The van der Waals surface area contributed by atoms with Gasteiger partial charge in [0, 0.05) is 0 Å². The van der Waals surface area contributed by atoms with Crippen LogP contribution in [0.2, 0.25) is 0 Å². The molecule has 2 aromatic rings. The number of carbonyl (C=O) groups is 1. The molecule has 3 nitrogen and oxygen atoms in total. The van der Waals surface area contributed by atoms with Crippen molar-refractivity contribution < 1.29 is 14.3 Å². The molecule has 2 rings (SSSR count). The van der Waals surface area contributed by atoms with Crippen molar-refractivity contribution in [3.63, 3.8) is 0 Å². The first kappa shape index (κ1) is 14.7. The largest absolute Gasteiger partial charge is 0.489 e. The first-order valence-electron chi connectivity index (χ1n) is 6.58. The van der Waals surface area contributed by atoms with Gasteiger partial charge in [0.15, 0.2) is 6.61 Å². The van der Waals surface area contributed by atoms with Crippen LogP contribution in [0.3, 0.4) is 0 Å². The highest BCUT2D eigenvalue weighted by Gasteiger charge is 2.07. The van der Waals surface area contributed by atoms with Crippen LogP contribution in [-0.2, 0) is 11.3 Å². The first-order valence-corrected chi connectivity index (χ1v) is 6.58. The highest BCUT2D eigenvalue weighted by molar-refractivity contribution is 5.89. The molecule has 0 heterocycles. The quantitative estimate of drug-likeness (QED) is 0.622. The van der Waals surface area contributed by atoms with Crippen LogP contribution in [-0.4, -0.2) is 12.6 Å². The summed E-state index contributed by atoms with van der Waals surface area (Å²) >= 11 is 0. The van der Waals surface area contributed by atoms with Crippen LogP contribution in [0.25, 0.3) is 0 Å². The number of rotatable bonds is 5. The van der Waals surface area contributed by atoms with E-state index in [0.717, 1.165) is 5.56 Å². The Morgan fingerprint density at radius 3 is 2.67 bits per heavy atom. The van der Waals surface area contributed by atoms with Crippen molar-refractivity contribution in [3.05, 3.63) is 65.2 Å². The van der Waals surface area contributed by atoms with E-state index in [-0.39, 0.29) is 6.61 Å². The zero-order chi connectivity index (χ0) is 15.1. The van der Waals surface area contributed by atoms with Crippen molar-refractivity contribution in [2.75, 3.05) is 6.61 Å². The number of terminal acetylenes is 1. The molecule has 0 atom stereocenters. The number of aryl methyl sites for hydroxylation is 1. The minimum Gasteiger partial charge on any atom is -0.489 e. The van der Waals surface area contributed by atoms with E-state index in [1.54, 1.807) is 24.3 Å². The normalized spacial score (nSPS) is 9.71. The highest BCUT2D eigenvalue weighted by Crippen LogP contribution is 2.16. The predicted molar refractivity (Wildman–Crippen MR) is 81.1 cm³/mol. The highest BCUT2D eigenvalue weighted by atomic mass is 16.5. The Labute approximate surface area is 124 Å². The van der Waals surface area contributed by atoms with Gasteiger partial charge in [-0.2, -0.15) is 0 Å². The van der Waals surface area contributed by atoms with Gasteiger partial charge >= 0.3 is 5.97 Å². The van der Waals surface area contributed by atoms with Gasteiger partial charge in [-0.15, -0.1) is 6.42 Å². The lowest BCUT2D eigenvalue weighted by atomic mass is 10.2. The van der Waals surface area contributed by atoms with E-state index in [1.807, 2.05) is 31.2 Å². The molecule has 0 fully saturated rings. The second kappa shape index (κ2) is 7.16. The van der Waals surface area contributed by atoms with E-state index >= 15 is 0 Å². The van der Waals surface area contributed by atoms with E-state index in [4.69, 9.17) is 15.9 Å². The van der Waals surface area contributed by atoms with Gasteiger partial charge in [0.2, 0.25) is 0 Å². The lowest BCUT2D eigenvalue weighted by molar-refractivity contribution is 0.0556. The Kier molecular flexibility index (Phi) is 5.00. The Hall–Kier alpha value is -2.73. The second-order valence-corrected chi connectivity index (χ2v) is 4.58.